The molecule has 0 aromatic carbocycles. The van der Waals surface area contributed by atoms with Gasteiger partial charge in [0.15, 0.2) is 0 Å². The third kappa shape index (κ3) is 3.46. The van der Waals surface area contributed by atoms with Gasteiger partial charge in [0, 0.05) is 12.6 Å². The van der Waals surface area contributed by atoms with E-state index in [9.17, 15) is 0 Å². The molecule has 1 heterocycles. The molecule has 2 fully saturated rings. The quantitative estimate of drug-likeness (QED) is 0.765. The lowest BCUT2D eigenvalue weighted by Crippen LogP contribution is -2.35. The fraction of sp³-hybridized carbons (Fsp3) is 1.00. The van der Waals surface area contributed by atoms with Gasteiger partial charge in [0.1, 0.15) is 0 Å². The standard InChI is InChI=1S/C13H26N2/c1-2-15-9-8-12(11-15)10-14-13-6-4-3-5-7-13/h12-14H,2-11H2,1H3. The summed E-state index contributed by atoms with van der Waals surface area (Å²) in [6, 6.07) is 0.842. The minimum Gasteiger partial charge on any atom is -0.314 e. The highest BCUT2D eigenvalue weighted by Gasteiger charge is 2.22. The van der Waals surface area contributed by atoms with E-state index >= 15 is 0 Å². The van der Waals surface area contributed by atoms with Crippen molar-refractivity contribution in [3.05, 3.63) is 0 Å². The zero-order valence-electron chi connectivity index (χ0n) is 10.2. The van der Waals surface area contributed by atoms with E-state index in [0.29, 0.717) is 0 Å². The molecule has 1 saturated carbocycles. The van der Waals surface area contributed by atoms with Crippen molar-refractivity contribution in [1.82, 2.24) is 10.2 Å². The molecule has 2 aliphatic rings. The largest absolute Gasteiger partial charge is 0.314 e. The van der Waals surface area contributed by atoms with E-state index in [-0.39, 0.29) is 0 Å². The van der Waals surface area contributed by atoms with Crippen LogP contribution in [0.25, 0.3) is 0 Å². The van der Waals surface area contributed by atoms with Crippen LogP contribution in [0.15, 0.2) is 0 Å². The summed E-state index contributed by atoms with van der Waals surface area (Å²) in [6.07, 6.45) is 8.61. The topological polar surface area (TPSA) is 15.3 Å². The van der Waals surface area contributed by atoms with E-state index in [2.05, 4.69) is 17.1 Å². The molecule has 0 amide bonds. The lowest BCUT2D eigenvalue weighted by Gasteiger charge is -2.24. The third-order valence-corrected chi connectivity index (χ3v) is 4.12. The summed E-state index contributed by atoms with van der Waals surface area (Å²) in [6.45, 7) is 7.43. The molecule has 88 valence electrons. The molecule has 1 atom stereocenters. The van der Waals surface area contributed by atoms with Crippen molar-refractivity contribution in [3.63, 3.8) is 0 Å². The zero-order chi connectivity index (χ0) is 10.5. The SMILES string of the molecule is CCN1CCC(CNC2CCCCC2)C1. The monoisotopic (exact) mass is 210 g/mol. The third-order valence-electron chi connectivity index (χ3n) is 4.12. The Morgan fingerprint density at radius 2 is 1.93 bits per heavy atom. The summed E-state index contributed by atoms with van der Waals surface area (Å²) in [5.74, 6) is 0.923. The Balaban J connectivity index is 1.61. The fourth-order valence-electron chi connectivity index (χ4n) is 3.01. The van der Waals surface area contributed by atoms with Gasteiger partial charge in [-0.15, -0.1) is 0 Å². The highest BCUT2D eigenvalue weighted by molar-refractivity contribution is 4.79. The summed E-state index contributed by atoms with van der Waals surface area (Å²) in [5, 5.41) is 3.78. The van der Waals surface area contributed by atoms with E-state index < -0.39 is 0 Å². The van der Waals surface area contributed by atoms with Crippen LogP contribution in [0.2, 0.25) is 0 Å². The molecule has 1 saturated heterocycles. The number of hydrogen-bond donors (Lipinski definition) is 1. The van der Waals surface area contributed by atoms with Crippen molar-refractivity contribution >= 4 is 0 Å². The highest BCUT2D eigenvalue weighted by Crippen LogP contribution is 2.19. The number of nitrogens with one attached hydrogen (secondary N) is 1. The zero-order valence-corrected chi connectivity index (χ0v) is 10.2. The van der Waals surface area contributed by atoms with E-state index in [1.54, 1.807) is 0 Å². The van der Waals surface area contributed by atoms with E-state index in [0.717, 1.165) is 12.0 Å². The average molecular weight is 210 g/mol. The van der Waals surface area contributed by atoms with Gasteiger partial charge in [0.05, 0.1) is 0 Å². The fourth-order valence-corrected chi connectivity index (χ4v) is 3.01. The van der Waals surface area contributed by atoms with Crippen LogP contribution in [-0.2, 0) is 0 Å². The maximum Gasteiger partial charge on any atom is 0.00671 e. The number of nitrogens with zero attached hydrogens (tertiary/aromatic N) is 1. The minimum atomic E-state index is 0.842. The summed E-state index contributed by atoms with van der Waals surface area (Å²) < 4.78 is 0. The van der Waals surface area contributed by atoms with Gasteiger partial charge in [-0.25, -0.2) is 0 Å². The van der Waals surface area contributed by atoms with Gasteiger partial charge in [0.25, 0.3) is 0 Å². The molecular formula is C13H26N2. The Kier molecular flexibility index (Phi) is 4.45. The highest BCUT2D eigenvalue weighted by atomic mass is 15.1. The first-order valence-corrected chi connectivity index (χ1v) is 6.84. The van der Waals surface area contributed by atoms with Crippen molar-refractivity contribution in [2.45, 2.75) is 51.5 Å². The Hall–Kier alpha value is -0.0800. The summed E-state index contributed by atoms with van der Waals surface area (Å²) in [7, 11) is 0. The molecule has 1 aliphatic heterocycles. The van der Waals surface area contributed by atoms with Gasteiger partial charge in [-0.05, 0) is 44.8 Å². The van der Waals surface area contributed by atoms with Gasteiger partial charge in [0.2, 0.25) is 0 Å². The van der Waals surface area contributed by atoms with Crippen LogP contribution < -0.4 is 5.32 Å². The smallest absolute Gasteiger partial charge is 0.00671 e. The molecule has 2 nitrogen and oxygen atoms in total. The van der Waals surface area contributed by atoms with E-state index in [4.69, 9.17) is 0 Å². The van der Waals surface area contributed by atoms with Gasteiger partial charge in [-0.2, -0.15) is 0 Å². The Bertz CT molecular complexity index is 175. The van der Waals surface area contributed by atoms with Crippen LogP contribution in [0.5, 0.6) is 0 Å². The molecule has 15 heavy (non-hydrogen) atoms. The average Bonchev–Trinajstić information content (AvgIpc) is 2.76. The molecule has 1 N–H and O–H groups in total. The van der Waals surface area contributed by atoms with Gasteiger partial charge in [-0.3, -0.25) is 0 Å². The second-order valence-corrected chi connectivity index (χ2v) is 5.29. The second kappa shape index (κ2) is 5.86. The molecular weight excluding hydrogens is 184 g/mol. The summed E-state index contributed by atoms with van der Waals surface area (Å²) >= 11 is 0. The normalized spacial score (nSPS) is 29.8. The van der Waals surface area contributed by atoms with Crippen molar-refractivity contribution < 1.29 is 0 Å². The van der Waals surface area contributed by atoms with Crippen LogP contribution >= 0.6 is 0 Å². The molecule has 1 unspecified atom stereocenters. The second-order valence-electron chi connectivity index (χ2n) is 5.29. The molecule has 2 rings (SSSR count). The predicted molar refractivity (Wildman–Crippen MR) is 65.1 cm³/mol. The molecule has 1 aliphatic carbocycles. The number of hydrogen-bond acceptors (Lipinski definition) is 2. The van der Waals surface area contributed by atoms with Crippen LogP contribution in [0.1, 0.15) is 45.4 Å². The van der Waals surface area contributed by atoms with Crippen molar-refractivity contribution in [3.8, 4) is 0 Å². The minimum absolute atomic E-state index is 0.842. The van der Waals surface area contributed by atoms with Crippen molar-refractivity contribution in [2.75, 3.05) is 26.2 Å². The van der Waals surface area contributed by atoms with Gasteiger partial charge in [-0.1, -0.05) is 26.2 Å². The molecule has 2 heteroatoms. The molecule has 0 radical (unpaired) electrons. The van der Waals surface area contributed by atoms with Crippen LogP contribution in [-0.4, -0.2) is 37.1 Å². The number of likely N-dealkylation sites (tertiary alicyclic amines) is 1. The summed E-state index contributed by atoms with van der Waals surface area (Å²) in [4.78, 5) is 2.58. The molecule has 0 spiro atoms. The lowest BCUT2D eigenvalue weighted by molar-refractivity contribution is 0.320. The Labute approximate surface area is 94.4 Å². The Morgan fingerprint density at radius 1 is 1.13 bits per heavy atom. The van der Waals surface area contributed by atoms with Crippen LogP contribution in [0, 0.1) is 5.92 Å². The maximum absolute atomic E-state index is 3.78. The molecule has 0 aromatic rings. The maximum atomic E-state index is 3.78. The first kappa shape index (κ1) is 11.4. The molecule has 0 aromatic heterocycles. The van der Waals surface area contributed by atoms with Gasteiger partial charge >= 0.3 is 0 Å². The van der Waals surface area contributed by atoms with Gasteiger partial charge < -0.3 is 10.2 Å². The van der Waals surface area contributed by atoms with Crippen molar-refractivity contribution in [2.24, 2.45) is 5.92 Å². The van der Waals surface area contributed by atoms with Crippen LogP contribution in [0.3, 0.4) is 0 Å². The summed E-state index contributed by atoms with van der Waals surface area (Å²) in [5.41, 5.74) is 0. The number of rotatable bonds is 4. The Morgan fingerprint density at radius 3 is 2.60 bits per heavy atom. The van der Waals surface area contributed by atoms with Crippen molar-refractivity contribution in [1.29, 1.82) is 0 Å². The molecule has 0 bridgehead atoms. The van der Waals surface area contributed by atoms with Crippen LogP contribution in [0.4, 0.5) is 0 Å². The first-order chi connectivity index (χ1) is 7.38. The lowest BCUT2D eigenvalue weighted by atomic mass is 9.95. The predicted octanol–water partition coefficient (Wildman–Crippen LogP) is 2.25. The van der Waals surface area contributed by atoms with E-state index in [1.165, 1.54) is 64.7 Å². The van der Waals surface area contributed by atoms with E-state index in [1.807, 2.05) is 0 Å². The first-order valence-electron chi connectivity index (χ1n) is 6.84.